The molecule has 1 N–H and O–H groups in total. The molecule has 0 saturated heterocycles. The second-order valence-electron chi connectivity index (χ2n) is 31.3. The van der Waals surface area contributed by atoms with E-state index in [2.05, 4.69) is 290 Å². The van der Waals surface area contributed by atoms with Crippen LogP contribution in [-0.4, -0.2) is 98.4 Å². The molecule has 14 nitrogen and oxygen atoms in total. The summed E-state index contributed by atoms with van der Waals surface area (Å²) < 4.78 is 43.2. The van der Waals surface area contributed by atoms with E-state index >= 15 is 0 Å². The molecule has 9 heterocycles. The maximum Gasteiger partial charge on any atom is 4.00 e. The van der Waals surface area contributed by atoms with Gasteiger partial charge in [0.2, 0.25) is 0 Å². The van der Waals surface area contributed by atoms with Crippen LogP contribution in [0.15, 0.2) is 309 Å². The number of allylic oxidation sites excluding steroid dienone is 2. The molecule has 0 saturated carbocycles. The third-order valence-electron chi connectivity index (χ3n) is 19.4. The normalized spacial score (nSPS) is 11.3. The van der Waals surface area contributed by atoms with E-state index in [4.69, 9.17) is 20.1 Å². The summed E-state index contributed by atoms with van der Waals surface area (Å²) in [4.78, 5) is 32.5. The van der Waals surface area contributed by atoms with Gasteiger partial charge in [0.15, 0.2) is 5.78 Å². The number of para-hydroxylation sites is 5. The first kappa shape index (κ1) is 100. The number of halogens is 3. The third kappa shape index (κ3) is 26.5. The number of aliphatic hydroxyl groups is 1. The number of pyridine rings is 4. The van der Waals surface area contributed by atoms with Crippen LogP contribution in [-0.2, 0) is 102 Å². The van der Waals surface area contributed by atoms with Gasteiger partial charge in [-0.2, -0.15) is 13.2 Å². The number of nitrogens with zero attached hydrogens (tertiary/aromatic N) is 12. The van der Waals surface area contributed by atoms with E-state index < -0.39 is 26.4 Å². The van der Waals surface area contributed by atoms with Gasteiger partial charge in [0.1, 0.15) is 5.69 Å². The number of alkyl halides is 3. The smallest absolute Gasteiger partial charge is 0.574 e. The minimum Gasteiger partial charge on any atom is -0.574 e. The minimum absolute atomic E-state index is 0. The first-order chi connectivity index (χ1) is 56.9. The maximum atomic E-state index is 12.2. The largest absolute Gasteiger partial charge is 4.00 e. The molecule has 0 bridgehead atoms. The van der Waals surface area contributed by atoms with E-state index in [1.54, 1.807) is 24.4 Å². The van der Waals surface area contributed by atoms with Crippen molar-refractivity contribution in [2.45, 2.75) is 79.3 Å². The Bertz CT molecular complexity index is 6320. The number of imidazole rings is 3. The van der Waals surface area contributed by atoms with Crippen LogP contribution in [0.3, 0.4) is 0 Å². The summed E-state index contributed by atoms with van der Waals surface area (Å²) in [5.41, 5.74) is 15.5. The molecule has 3 radical (unpaired) electrons. The van der Waals surface area contributed by atoms with Crippen LogP contribution in [0.4, 0.5) is 13.2 Å². The fraction of sp³-hybridized carbons (Fsp3) is 0.180. The average molecular weight is 2390 g/mol. The Morgan fingerprint density at radius 1 is 0.504 bits per heavy atom. The number of hydrogen-bond acceptors (Lipinski definition) is 9. The fourth-order valence-corrected chi connectivity index (χ4v) is 15.2. The summed E-state index contributed by atoms with van der Waals surface area (Å²) in [5.74, 6) is 0.857. The number of aryl methyl sites for hydroxylation is 1. The number of hydrogen-bond donors (Lipinski definition) is 1. The van der Waals surface area contributed by atoms with Crippen LogP contribution in [0.5, 0.6) is 0 Å². The van der Waals surface area contributed by atoms with Crippen molar-refractivity contribution in [3.8, 4) is 39.9 Å². The number of fused-ring (bicyclic) bond motifs is 11. The van der Waals surface area contributed by atoms with Gasteiger partial charge in [0.25, 0.3) is 0 Å². The number of rotatable bonds is 9. The molecule has 0 amide bonds. The Kier molecular flexibility index (Phi) is 37.1. The molecule has 0 aliphatic rings. The van der Waals surface area contributed by atoms with Crippen LogP contribution in [0.25, 0.3) is 106 Å². The van der Waals surface area contributed by atoms with Crippen molar-refractivity contribution < 1.29 is 103 Å². The van der Waals surface area contributed by atoms with Crippen molar-refractivity contribution >= 4 is 96.9 Å². The van der Waals surface area contributed by atoms with Gasteiger partial charge in [-0.15, -0.1) is 106 Å². The Morgan fingerprint density at radius 2 is 0.992 bits per heavy atom. The van der Waals surface area contributed by atoms with Crippen molar-refractivity contribution in [3.05, 3.63) is 364 Å². The van der Waals surface area contributed by atoms with Gasteiger partial charge in [-0.3, -0.25) is 29.7 Å². The van der Waals surface area contributed by atoms with Gasteiger partial charge in [-0.1, -0.05) is 181 Å². The Balaban J connectivity index is 0.000000197. The molecule has 0 aliphatic heterocycles. The quantitative estimate of drug-likeness (QED) is 0.0631. The van der Waals surface area contributed by atoms with E-state index in [9.17, 15) is 18.0 Å². The van der Waals surface area contributed by atoms with Gasteiger partial charge in [0, 0.05) is 127 Å². The Hall–Kier alpha value is -9.97. The summed E-state index contributed by atoms with van der Waals surface area (Å²) in [5, 5.41) is 30.2. The van der Waals surface area contributed by atoms with Crippen molar-refractivity contribution in [1.29, 1.82) is 0 Å². The van der Waals surface area contributed by atoms with E-state index in [1.807, 2.05) is 122 Å². The predicted octanol–water partition coefficient (Wildman–Crippen LogP) is 23.4. The molecule has 0 atom stereocenters. The second kappa shape index (κ2) is 45.6. The molecule has 0 spiro atoms. The molecular weight excluding hydrogens is 2290 g/mol. The van der Waals surface area contributed by atoms with Crippen molar-refractivity contribution in [1.82, 2.24) is 58.7 Å². The zero-order valence-electron chi connectivity index (χ0n) is 70.8. The Labute approximate surface area is 774 Å². The monoisotopic (exact) mass is 2390 g/mol. The summed E-state index contributed by atoms with van der Waals surface area (Å²) in [6.45, 7) is 35.5. The van der Waals surface area contributed by atoms with Gasteiger partial charge >= 0.3 is 26.0 Å². The zero-order chi connectivity index (χ0) is 85.1. The number of carbonyl (C=O) groups excluding carboxylic acids is 1. The fourth-order valence-electron chi connectivity index (χ4n) is 12.7. The first-order valence-corrected chi connectivity index (χ1v) is 44.7. The molecule has 0 unspecified atom stereocenters. The number of aliphatic hydroxyl groups excluding tert-OH is 1. The number of ketones is 1. The van der Waals surface area contributed by atoms with E-state index in [-0.39, 0.29) is 108 Å². The van der Waals surface area contributed by atoms with Crippen LogP contribution in [0.1, 0.15) is 78.0 Å². The molecule has 9 aromatic heterocycles. The Morgan fingerprint density at radius 3 is 1.48 bits per heavy atom. The van der Waals surface area contributed by atoms with Crippen molar-refractivity contribution in [2.75, 3.05) is 39.0 Å². The summed E-state index contributed by atoms with van der Waals surface area (Å²) >= 11 is 0. The van der Waals surface area contributed by atoms with Crippen LogP contribution in [0.2, 0.25) is 0 Å². The molecule has 23 heteroatoms. The maximum absolute atomic E-state index is 12.2. The van der Waals surface area contributed by atoms with Crippen LogP contribution >= 0.6 is 14.5 Å². The van der Waals surface area contributed by atoms with Crippen LogP contribution in [0, 0.1) is 39.0 Å². The topological polar surface area (TPSA) is 169 Å². The van der Waals surface area contributed by atoms with E-state index in [0.717, 1.165) is 108 Å². The molecule has 18 rings (SSSR count). The second-order valence-corrected chi connectivity index (χ2v) is 40.0. The van der Waals surface area contributed by atoms with Crippen molar-refractivity contribution in [2.24, 2.45) is 0 Å². The number of carbonyl (C=O) groups is 1. The molecule has 9 aromatic carbocycles. The molecule has 0 aliphatic carbocycles. The zero-order valence-corrected chi connectivity index (χ0v) is 82.3. The van der Waals surface area contributed by atoms with Gasteiger partial charge in [-0.25, -0.2) is 0 Å². The summed E-state index contributed by atoms with van der Waals surface area (Å²) in [6.07, 6.45) is 4.15. The third-order valence-corrected chi connectivity index (χ3v) is 25.0. The van der Waals surface area contributed by atoms with Gasteiger partial charge in [0.05, 0.1) is 93.2 Å². The minimum atomic E-state index is -4.46. The summed E-state index contributed by atoms with van der Waals surface area (Å²) in [7, 11) is -1.77. The van der Waals surface area contributed by atoms with Crippen LogP contribution < -0.4 is 20.8 Å². The molecule has 637 valence electrons. The molecule has 0 fully saturated rings. The molecule has 123 heavy (non-hydrogen) atoms. The first-order valence-electron chi connectivity index (χ1n) is 39.0. The standard InChI is InChI=1S/2C19H17N2.C19H13N2.2C10H15P.C9H5F3N3.C9H8N3.C5H8O2.3Ir.Os/c1-19(2,3)17-12-13-8-4-5-9-14(13)18-20-15-10-6-7-11-16(15)21(17)18;1-19(2,3)14-8-9-16-17(12-14)21-11-10-13-6-4-5-7-15(13)18(21)20-16;1-3-9-15(10-4-1)19-20-17-13-7-8-14-18(17)21(19)16-11-5-2-6-12-16;2*1-4-11(2,3)10-8-6-5-7-9-10;10-9(11,12)8-5-7(14-15-8)6-3-1-2-4-13-6;1-7-6-9(12-11-7)8-4-2-3-5-10-8;1-4(6)3-5(2)7;;;;/h4-8,10-12H,1-3H3;4-6,8-12H,1-3H3;1-9,11-14H;2*5-9H,1,4H2,2-3H3;1-5H;2-6H,1H3;3,6H,1-2H3;;;;/q3*-1;;;2*-1;;;;;+4. The molecule has 18 aromatic rings. The van der Waals surface area contributed by atoms with E-state index in [1.165, 1.54) is 58.8 Å². The van der Waals surface area contributed by atoms with Gasteiger partial charge in [-0.05, 0) is 141 Å². The van der Waals surface area contributed by atoms with E-state index in [0.29, 0.717) is 5.69 Å². The number of aromatic nitrogens is 12. The molecular formula is C100H98F3Ir3N12O2OsP2-. The SMILES string of the molecule is CC(=O)C=C(C)O.CC(C)(C)c1cc2ccc[c-]c2c2nc3ccccc3n12.CC(C)(C)c1ccc2nc3c4[c-]cccc4ccn3c2c1.Cc1cc(-c2ccccn2)[n-]n1.FC(F)(F)c1cc(-c2ccccn2)[n-]n1.[CH2-]C[P+](C)(C)c1ccccc1.[CH2-]C[P+](C)(C)c1ccccc1.[Ir].[Ir].[Ir].[Os+4].[c-]1ccccc1-c1nc2ccccc2n1-c1ccccc1. The van der Waals surface area contributed by atoms with Gasteiger partial charge < -0.3 is 52.7 Å². The number of benzene rings is 9. The predicted molar refractivity (Wildman–Crippen MR) is 489 cm³/mol. The summed E-state index contributed by atoms with van der Waals surface area (Å²) in [6, 6.07) is 103. The van der Waals surface area contributed by atoms with Crippen molar-refractivity contribution in [3.63, 3.8) is 0 Å². The average Bonchev–Trinajstić information content (AvgIpc) is 1.60.